The van der Waals surface area contributed by atoms with Gasteiger partial charge in [0.2, 0.25) is 5.88 Å². The van der Waals surface area contributed by atoms with Gasteiger partial charge in [0.05, 0.1) is 24.6 Å². The number of hydrogen-bond acceptors (Lipinski definition) is 5. The fourth-order valence-corrected chi connectivity index (χ4v) is 1.44. The van der Waals surface area contributed by atoms with Crippen molar-refractivity contribution in [2.24, 2.45) is 0 Å². The molecule has 6 heteroatoms. The Morgan fingerprint density at radius 2 is 2.17 bits per heavy atom. The van der Waals surface area contributed by atoms with Crippen LogP contribution in [0, 0.1) is 6.92 Å². The average molecular weight is 248 g/mol. The van der Waals surface area contributed by atoms with Crippen LogP contribution in [0.25, 0.3) is 0 Å². The molecule has 0 saturated heterocycles. The van der Waals surface area contributed by atoms with Gasteiger partial charge in [-0.15, -0.1) is 0 Å². The third kappa shape index (κ3) is 2.65. The zero-order chi connectivity index (χ0) is 13.1. The molecule has 2 aromatic rings. The van der Waals surface area contributed by atoms with Crippen molar-refractivity contribution >= 4 is 0 Å². The quantitative estimate of drug-likeness (QED) is 0.893. The number of aliphatic hydroxyl groups excluding tert-OH is 1. The van der Waals surface area contributed by atoms with E-state index >= 15 is 0 Å². The van der Waals surface area contributed by atoms with Gasteiger partial charge in [-0.05, 0) is 20.8 Å². The van der Waals surface area contributed by atoms with E-state index in [1.54, 1.807) is 30.2 Å². The number of nitrogens with zero attached hydrogens (tertiary/aromatic N) is 4. The van der Waals surface area contributed by atoms with Crippen LogP contribution in [0.2, 0.25) is 0 Å². The van der Waals surface area contributed by atoms with E-state index in [4.69, 9.17) is 4.74 Å². The smallest absolute Gasteiger partial charge is 0.228 e. The largest absolute Gasteiger partial charge is 0.435 e. The van der Waals surface area contributed by atoms with Gasteiger partial charge in [0.1, 0.15) is 5.82 Å². The van der Waals surface area contributed by atoms with E-state index in [2.05, 4.69) is 15.1 Å². The summed E-state index contributed by atoms with van der Waals surface area (Å²) in [6.07, 6.45) is 4.98. The molecule has 0 aromatic carbocycles. The Balaban J connectivity index is 2.24. The molecule has 2 heterocycles. The van der Waals surface area contributed by atoms with E-state index in [1.165, 1.54) is 0 Å². The molecular weight excluding hydrogens is 232 g/mol. The lowest BCUT2D eigenvalue weighted by Gasteiger charge is -2.07. The highest BCUT2D eigenvalue weighted by atomic mass is 16.5. The van der Waals surface area contributed by atoms with Gasteiger partial charge in [-0.2, -0.15) is 10.1 Å². The molecule has 2 rings (SSSR count). The molecular formula is C12H16N4O2. The van der Waals surface area contributed by atoms with Crippen LogP contribution < -0.4 is 4.74 Å². The summed E-state index contributed by atoms with van der Waals surface area (Å²) in [7, 11) is 0. The molecule has 0 aliphatic carbocycles. The predicted molar refractivity (Wildman–Crippen MR) is 65.4 cm³/mol. The van der Waals surface area contributed by atoms with Crippen LogP contribution in [-0.2, 0) is 6.61 Å². The van der Waals surface area contributed by atoms with Gasteiger partial charge < -0.3 is 9.84 Å². The maximum atomic E-state index is 9.20. The van der Waals surface area contributed by atoms with Gasteiger partial charge in [0.25, 0.3) is 0 Å². The van der Waals surface area contributed by atoms with Gasteiger partial charge in [-0.3, -0.25) is 4.68 Å². The molecule has 0 atom stereocenters. The molecule has 0 unspecified atom stereocenters. The minimum Gasteiger partial charge on any atom is -0.435 e. The fourth-order valence-electron chi connectivity index (χ4n) is 1.44. The Kier molecular flexibility index (Phi) is 3.57. The molecule has 1 N–H and O–H groups in total. The third-order valence-corrected chi connectivity index (χ3v) is 2.44. The second-order valence-corrected chi connectivity index (χ2v) is 4.26. The topological polar surface area (TPSA) is 73.1 Å². The number of hydrogen-bond donors (Lipinski definition) is 1. The molecule has 0 bridgehead atoms. The summed E-state index contributed by atoms with van der Waals surface area (Å²) in [4.78, 5) is 8.18. The van der Waals surface area contributed by atoms with Crippen molar-refractivity contribution in [3.63, 3.8) is 0 Å². The van der Waals surface area contributed by atoms with E-state index in [0.29, 0.717) is 23.0 Å². The highest BCUT2D eigenvalue weighted by Gasteiger charge is 2.09. The number of aliphatic hydroxyl groups is 1. The lowest BCUT2D eigenvalue weighted by Crippen LogP contribution is -2.00. The molecule has 0 spiro atoms. The first kappa shape index (κ1) is 12.5. The molecule has 0 fully saturated rings. The first-order chi connectivity index (χ1) is 8.60. The maximum Gasteiger partial charge on any atom is 0.228 e. The van der Waals surface area contributed by atoms with Crippen LogP contribution >= 0.6 is 0 Å². The van der Waals surface area contributed by atoms with Crippen molar-refractivity contribution in [2.45, 2.75) is 33.4 Å². The molecule has 0 aliphatic heterocycles. The van der Waals surface area contributed by atoms with Gasteiger partial charge in [0.15, 0.2) is 5.75 Å². The zero-order valence-corrected chi connectivity index (χ0v) is 10.7. The summed E-state index contributed by atoms with van der Waals surface area (Å²) < 4.78 is 7.41. The van der Waals surface area contributed by atoms with E-state index < -0.39 is 0 Å². The molecule has 18 heavy (non-hydrogen) atoms. The standard InChI is InChI=1S/C12H16N4O2/c1-8(2)16-6-11(5-14-16)18-12-10(7-17)4-13-9(3)15-12/h4-6,8,17H,7H2,1-3H3. The Bertz CT molecular complexity index is 537. The minimum atomic E-state index is -0.159. The van der Waals surface area contributed by atoms with Crippen molar-refractivity contribution in [3.8, 4) is 11.6 Å². The van der Waals surface area contributed by atoms with Crippen molar-refractivity contribution < 1.29 is 9.84 Å². The van der Waals surface area contributed by atoms with Gasteiger partial charge in [-0.25, -0.2) is 4.98 Å². The highest BCUT2D eigenvalue weighted by molar-refractivity contribution is 5.28. The molecule has 0 amide bonds. The molecule has 2 aromatic heterocycles. The maximum absolute atomic E-state index is 9.20. The van der Waals surface area contributed by atoms with Crippen LogP contribution in [0.3, 0.4) is 0 Å². The molecule has 96 valence electrons. The van der Waals surface area contributed by atoms with Crippen molar-refractivity contribution in [1.29, 1.82) is 0 Å². The second-order valence-electron chi connectivity index (χ2n) is 4.26. The first-order valence-corrected chi connectivity index (χ1v) is 5.75. The van der Waals surface area contributed by atoms with Crippen molar-refractivity contribution in [3.05, 3.63) is 30.0 Å². The summed E-state index contributed by atoms with van der Waals surface area (Å²) in [5.74, 6) is 1.56. The van der Waals surface area contributed by atoms with Crippen LogP contribution in [0.4, 0.5) is 0 Å². The predicted octanol–water partition coefficient (Wildman–Crippen LogP) is 1.85. The second kappa shape index (κ2) is 5.14. The van der Waals surface area contributed by atoms with Gasteiger partial charge in [0, 0.05) is 12.2 Å². The number of ether oxygens (including phenoxy) is 1. The molecule has 0 radical (unpaired) electrons. The lowest BCUT2D eigenvalue weighted by atomic mass is 10.3. The van der Waals surface area contributed by atoms with Crippen molar-refractivity contribution in [1.82, 2.24) is 19.7 Å². The van der Waals surface area contributed by atoms with Crippen LogP contribution in [-0.4, -0.2) is 24.9 Å². The van der Waals surface area contributed by atoms with E-state index in [9.17, 15) is 5.11 Å². The summed E-state index contributed by atoms with van der Waals surface area (Å²) >= 11 is 0. The van der Waals surface area contributed by atoms with Crippen molar-refractivity contribution in [2.75, 3.05) is 0 Å². The SMILES string of the molecule is Cc1ncc(CO)c(Oc2cnn(C(C)C)c2)n1. The summed E-state index contributed by atoms with van der Waals surface area (Å²) in [6, 6.07) is 0.270. The van der Waals surface area contributed by atoms with E-state index in [1.807, 2.05) is 13.8 Å². The molecule has 0 saturated carbocycles. The Hall–Kier alpha value is -1.95. The summed E-state index contributed by atoms with van der Waals surface area (Å²) in [6.45, 7) is 5.68. The number of rotatable bonds is 4. The third-order valence-electron chi connectivity index (χ3n) is 2.44. The van der Waals surface area contributed by atoms with E-state index in [0.717, 1.165) is 0 Å². The first-order valence-electron chi connectivity index (χ1n) is 5.75. The Labute approximate surface area is 105 Å². The fraction of sp³-hybridized carbons (Fsp3) is 0.417. The minimum absolute atomic E-state index is 0.159. The summed E-state index contributed by atoms with van der Waals surface area (Å²) in [5.41, 5.74) is 0.554. The number of aryl methyl sites for hydroxylation is 1. The normalized spacial score (nSPS) is 10.9. The van der Waals surface area contributed by atoms with Crippen LogP contribution in [0.15, 0.2) is 18.6 Å². The van der Waals surface area contributed by atoms with Gasteiger partial charge in [-0.1, -0.05) is 0 Å². The molecule has 6 nitrogen and oxygen atoms in total. The highest BCUT2D eigenvalue weighted by Crippen LogP contribution is 2.23. The summed E-state index contributed by atoms with van der Waals surface area (Å²) in [5, 5.41) is 13.4. The monoisotopic (exact) mass is 248 g/mol. The zero-order valence-electron chi connectivity index (χ0n) is 10.7. The number of aromatic nitrogens is 4. The van der Waals surface area contributed by atoms with Gasteiger partial charge >= 0.3 is 0 Å². The Morgan fingerprint density at radius 1 is 1.39 bits per heavy atom. The van der Waals surface area contributed by atoms with Crippen LogP contribution in [0.1, 0.15) is 31.3 Å². The Morgan fingerprint density at radius 3 is 2.78 bits per heavy atom. The van der Waals surface area contributed by atoms with E-state index in [-0.39, 0.29) is 12.6 Å². The lowest BCUT2D eigenvalue weighted by molar-refractivity contribution is 0.274. The average Bonchev–Trinajstić information content (AvgIpc) is 2.78. The van der Waals surface area contributed by atoms with Crippen LogP contribution in [0.5, 0.6) is 11.6 Å². The molecule has 0 aliphatic rings.